The molecule has 0 aromatic heterocycles. The highest BCUT2D eigenvalue weighted by atomic mass is 19.4. The molecule has 4 rings (SSSR count). The fourth-order valence-electron chi connectivity index (χ4n) is 5.42. The average molecular weight is 532 g/mol. The normalized spacial score (nSPS) is 21.4. The second kappa shape index (κ2) is 10.3. The van der Waals surface area contributed by atoms with Gasteiger partial charge in [0.15, 0.2) is 0 Å². The molecular weight excluding hydrogens is 499 g/mol. The predicted octanol–water partition coefficient (Wildman–Crippen LogP) is 6.89. The minimum absolute atomic E-state index is 0.0297. The Morgan fingerprint density at radius 1 is 1.21 bits per heavy atom. The number of hydrogen-bond donors (Lipinski definition) is 1. The van der Waals surface area contributed by atoms with Crippen molar-refractivity contribution in [3.63, 3.8) is 0 Å². The summed E-state index contributed by atoms with van der Waals surface area (Å²) >= 11 is 0. The molecule has 1 fully saturated rings. The van der Waals surface area contributed by atoms with E-state index in [1.165, 1.54) is 6.07 Å². The summed E-state index contributed by atoms with van der Waals surface area (Å²) in [6.07, 6.45) is -3.74. The van der Waals surface area contributed by atoms with Gasteiger partial charge in [0, 0.05) is 12.1 Å². The number of carbonyl (C=O) groups is 2. The standard InChI is InChI=1S/C29H32F3NO5/c1-17-26(19-6-5-7-21(14-19)29(30,31)32)38-27(36)33(17)16-20-15-28(2,3)11-10-22(20)23-12-18(13-25(34)35)8-9-24(23)37-4/h5-9,12,14,17,26H,10-11,13,15-16H2,1-4H3,(H,34,35)/t17-,26-/m0/s1. The summed E-state index contributed by atoms with van der Waals surface area (Å²) in [5, 5.41) is 9.28. The van der Waals surface area contributed by atoms with Crippen molar-refractivity contribution in [2.24, 2.45) is 5.41 Å². The van der Waals surface area contributed by atoms with Gasteiger partial charge in [0.05, 0.1) is 25.1 Å². The molecule has 38 heavy (non-hydrogen) atoms. The van der Waals surface area contributed by atoms with Crippen molar-refractivity contribution in [3.8, 4) is 5.75 Å². The number of ether oxygens (including phenoxy) is 2. The molecule has 1 heterocycles. The van der Waals surface area contributed by atoms with Gasteiger partial charge in [-0.1, -0.05) is 32.0 Å². The Bertz CT molecular complexity index is 1270. The molecule has 204 valence electrons. The number of rotatable bonds is 7. The van der Waals surface area contributed by atoms with E-state index in [0.717, 1.165) is 35.3 Å². The van der Waals surface area contributed by atoms with Crippen LogP contribution in [0.2, 0.25) is 0 Å². The van der Waals surface area contributed by atoms with Gasteiger partial charge in [0.25, 0.3) is 0 Å². The van der Waals surface area contributed by atoms with Crippen LogP contribution >= 0.6 is 0 Å². The molecule has 0 unspecified atom stereocenters. The number of cyclic esters (lactones) is 1. The van der Waals surface area contributed by atoms with E-state index >= 15 is 0 Å². The maximum atomic E-state index is 13.3. The smallest absolute Gasteiger partial charge is 0.416 e. The first-order valence-corrected chi connectivity index (χ1v) is 12.5. The summed E-state index contributed by atoms with van der Waals surface area (Å²) in [4.78, 5) is 25.9. The second-order valence-corrected chi connectivity index (χ2v) is 10.8. The molecule has 1 aliphatic heterocycles. The summed E-state index contributed by atoms with van der Waals surface area (Å²) in [7, 11) is 1.56. The van der Waals surface area contributed by atoms with Crippen molar-refractivity contribution in [3.05, 3.63) is 70.3 Å². The van der Waals surface area contributed by atoms with Gasteiger partial charge in [-0.25, -0.2) is 4.79 Å². The molecule has 0 saturated carbocycles. The van der Waals surface area contributed by atoms with Crippen LogP contribution < -0.4 is 4.74 Å². The second-order valence-electron chi connectivity index (χ2n) is 10.8. The molecule has 2 aliphatic rings. The molecule has 0 spiro atoms. The van der Waals surface area contributed by atoms with Crippen molar-refractivity contribution in [1.82, 2.24) is 4.90 Å². The van der Waals surface area contributed by atoms with E-state index in [2.05, 4.69) is 13.8 Å². The lowest BCUT2D eigenvalue weighted by molar-refractivity contribution is -0.138. The quantitative estimate of drug-likeness (QED) is 0.421. The third-order valence-corrected chi connectivity index (χ3v) is 7.41. The molecule has 2 atom stereocenters. The third kappa shape index (κ3) is 5.81. The number of amides is 1. The fourth-order valence-corrected chi connectivity index (χ4v) is 5.42. The van der Waals surface area contributed by atoms with E-state index in [0.29, 0.717) is 29.7 Å². The Kier molecular flexibility index (Phi) is 7.50. The van der Waals surface area contributed by atoms with Crippen molar-refractivity contribution >= 4 is 17.6 Å². The van der Waals surface area contributed by atoms with Crippen molar-refractivity contribution < 1.29 is 37.3 Å². The van der Waals surface area contributed by atoms with Crippen LogP contribution in [-0.2, 0) is 22.1 Å². The Balaban J connectivity index is 1.70. The van der Waals surface area contributed by atoms with E-state index in [9.17, 15) is 27.9 Å². The molecule has 2 aromatic carbocycles. The molecule has 6 nitrogen and oxygen atoms in total. The minimum Gasteiger partial charge on any atom is -0.496 e. The van der Waals surface area contributed by atoms with E-state index in [4.69, 9.17) is 9.47 Å². The summed E-state index contributed by atoms with van der Waals surface area (Å²) in [5.41, 5.74) is 2.91. The molecule has 2 aromatic rings. The van der Waals surface area contributed by atoms with E-state index < -0.39 is 35.9 Å². The first-order chi connectivity index (χ1) is 17.8. The number of alkyl halides is 3. The molecule has 9 heteroatoms. The summed E-state index contributed by atoms with van der Waals surface area (Å²) in [6, 6.07) is 9.71. The van der Waals surface area contributed by atoms with Crippen molar-refractivity contribution in [2.45, 2.75) is 64.8 Å². The number of hydrogen-bond acceptors (Lipinski definition) is 4. The van der Waals surface area contributed by atoms with Crippen LogP contribution in [0.3, 0.4) is 0 Å². The van der Waals surface area contributed by atoms with Crippen LogP contribution in [0.25, 0.3) is 5.57 Å². The highest BCUT2D eigenvalue weighted by Crippen LogP contribution is 2.46. The SMILES string of the molecule is COc1ccc(CC(=O)O)cc1C1=C(CN2C(=O)O[C@H](c3cccc(C(F)(F)F)c3)[C@@H]2C)CC(C)(C)CC1. The molecule has 0 radical (unpaired) electrons. The lowest BCUT2D eigenvalue weighted by Crippen LogP contribution is -2.35. The highest BCUT2D eigenvalue weighted by Gasteiger charge is 2.42. The maximum absolute atomic E-state index is 13.3. The summed E-state index contributed by atoms with van der Waals surface area (Å²) in [5.74, 6) is -0.320. The maximum Gasteiger partial charge on any atom is 0.416 e. The number of halogens is 3. The van der Waals surface area contributed by atoms with Crippen molar-refractivity contribution in [1.29, 1.82) is 0 Å². The first-order valence-electron chi connectivity index (χ1n) is 12.5. The Labute approximate surface area is 220 Å². The number of nitrogens with zero attached hydrogens (tertiary/aromatic N) is 1. The summed E-state index contributed by atoms with van der Waals surface area (Å²) < 4.78 is 51.0. The van der Waals surface area contributed by atoms with Gasteiger partial charge in [-0.3, -0.25) is 9.69 Å². The summed E-state index contributed by atoms with van der Waals surface area (Å²) in [6.45, 7) is 6.33. The first kappa shape index (κ1) is 27.5. The number of allylic oxidation sites excluding steroid dienone is 1. The van der Waals surface area contributed by atoms with Crippen LogP contribution in [0.4, 0.5) is 18.0 Å². The average Bonchev–Trinajstić information content (AvgIpc) is 3.11. The van der Waals surface area contributed by atoms with Crippen LogP contribution in [-0.4, -0.2) is 41.8 Å². The van der Waals surface area contributed by atoms with Crippen LogP contribution in [0.1, 0.15) is 68.4 Å². The predicted molar refractivity (Wildman–Crippen MR) is 136 cm³/mol. The molecule has 0 bridgehead atoms. The van der Waals surface area contributed by atoms with E-state index in [1.807, 2.05) is 6.07 Å². The minimum atomic E-state index is -4.50. The van der Waals surface area contributed by atoms with Gasteiger partial charge in [-0.15, -0.1) is 0 Å². The molecule has 1 amide bonds. The van der Waals surface area contributed by atoms with Crippen LogP contribution in [0.15, 0.2) is 48.0 Å². The molecule has 1 N–H and O–H groups in total. The zero-order valence-electron chi connectivity index (χ0n) is 21.9. The number of carbonyl (C=O) groups excluding carboxylic acids is 1. The Morgan fingerprint density at radius 2 is 1.95 bits per heavy atom. The van der Waals surface area contributed by atoms with Crippen molar-refractivity contribution in [2.75, 3.05) is 13.7 Å². The van der Waals surface area contributed by atoms with Gasteiger partial charge < -0.3 is 14.6 Å². The van der Waals surface area contributed by atoms with Gasteiger partial charge >= 0.3 is 18.2 Å². The fraction of sp³-hybridized carbons (Fsp3) is 0.448. The van der Waals surface area contributed by atoms with Gasteiger partial charge in [0.2, 0.25) is 0 Å². The van der Waals surface area contributed by atoms with Gasteiger partial charge in [-0.05, 0) is 78.1 Å². The third-order valence-electron chi connectivity index (χ3n) is 7.41. The van der Waals surface area contributed by atoms with Gasteiger partial charge in [0.1, 0.15) is 11.9 Å². The Morgan fingerprint density at radius 3 is 2.61 bits per heavy atom. The lowest BCUT2D eigenvalue weighted by atomic mass is 9.72. The topological polar surface area (TPSA) is 76.1 Å². The van der Waals surface area contributed by atoms with Gasteiger partial charge in [-0.2, -0.15) is 13.2 Å². The highest BCUT2D eigenvalue weighted by molar-refractivity contribution is 5.78. The lowest BCUT2D eigenvalue weighted by Gasteiger charge is -2.36. The Hall–Kier alpha value is -3.49. The number of benzene rings is 2. The number of carboxylic acids is 1. The zero-order chi connectivity index (χ0) is 27.8. The molecule has 1 saturated heterocycles. The largest absolute Gasteiger partial charge is 0.496 e. The number of methoxy groups -OCH3 is 1. The van der Waals surface area contributed by atoms with Crippen LogP contribution in [0.5, 0.6) is 5.75 Å². The monoisotopic (exact) mass is 531 g/mol. The molecule has 1 aliphatic carbocycles. The molecular formula is C29H32F3NO5. The van der Waals surface area contributed by atoms with Crippen LogP contribution in [0, 0.1) is 5.41 Å². The van der Waals surface area contributed by atoms with E-state index in [1.54, 1.807) is 37.1 Å². The number of aliphatic carboxylic acids is 1. The van der Waals surface area contributed by atoms with E-state index in [-0.39, 0.29) is 18.4 Å². The number of carboxylic acid groups (broad SMARTS) is 1. The zero-order valence-corrected chi connectivity index (χ0v) is 21.9.